The molecule has 0 atom stereocenters. The van der Waals surface area contributed by atoms with E-state index in [0.717, 1.165) is 16.9 Å². The van der Waals surface area contributed by atoms with Gasteiger partial charge in [-0.25, -0.2) is 0 Å². The zero-order chi connectivity index (χ0) is 19.1. The van der Waals surface area contributed by atoms with Crippen LogP contribution in [0.4, 0.5) is 0 Å². The molecule has 27 heavy (non-hydrogen) atoms. The van der Waals surface area contributed by atoms with Crippen LogP contribution < -0.4 is 4.74 Å². The third kappa shape index (κ3) is 5.45. The summed E-state index contributed by atoms with van der Waals surface area (Å²) < 4.78 is 5.82. The number of rotatable bonds is 5. The highest BCUT2D eigenvalue weighted by molar-refractivity contribution is 5.92. The van der Waals surface area contributed by atoms with Gasteiger partial charge in [0, 0.05) is 39.2 Å². The molecule has 2 aromatic rings. The topological polar surface area (TPSA) is 49.9 Å². The van der Waals surface area contributed by atoms with Crippen LogP contribution in [-0.2, 0) is 16.2 Å². The fraction of sp³-hybridized carbons (Fsp3) is 0.273. The molecule has 2 amide bonds. The lowest BCUT2D eigenvalue weighted by molar-refractivity contribution is -0.135. The zero-order valence-corrected chi connectivity index (χ0v) is 15.5. The second-order valence-corrected chi connectivity index (χ2v) is 6.51. The number of amides is 2. The third-order valence-corrected chi connectivity index (χ3v) is 4.56. The number of hydrogen-bond donors (Lipinski definition) is 0. The summed E-state index contributed by atoms with van der Waals surface area (Å²) in [6, 6.07) is 17.7. The van der Waals surface area contributed by atoms with Gasteiger partial charge in [0.1, 0.15) is 12.4 Å². The summed E-state index contributed by atoms with van der Waals surface area (Å²) in [5, 5.41) is 0. The highest BCUT2D eigenvalue weighted by atomic mass is 16.5. The lowest BCUT2D eigenvalue weighted by Crippen LogP contribution is -2.49. The standard InChI is InChI=1S/C22H24N2O3/c1-18(25)23-12-14-24(15-13-23)22(26)11-10-19-8-5-9-21(16-19)27-17-20-6-3-2-4-7-20/h2-11,16H,12-15,17H2,1H3/b11-10-. The molecule has 1 fully saturated rings. The molecule has 140 valence electrons. The Labute approximate surface area is 159 Å². The van der Waals surface area contributed by atoms with Crippen molar-refractivity contribution in [1.82, 2.24) is 9.80 Å². The Morgan fingerprint density at radius 3 is 2.37 bits per heavy atom. The summed E-state index contributed by atoms with van der Waals surface area (Å²) in [6.45, 7) is 4.40. The van der Waals surface area contributed by atoms with Gasteiger partial charge in [-0.15, -0.1) is 0 Å². The molecule has 1 saturated heterocycles. The maximum atomic E-state index is 12.3. The number of hydrogen-bond acceptors (Lipinski definition) is 3. The van der Waals surface area contributed by atoms with E-state index in [9.17, 15) is 9.59 Å². The second kappa shape index (κ2) is 9.03. The lowest BCUT2D eigenvalue weighted by atomic mass is 10.2. The summed E-state index contributed by atoms with van der Waals surface area (Å²) in [6.07, 6.45) is 3.38. The van der Waals surface area contributed by atoms with Gasteiger partial charge in [0.2, 0.25) is 11.8 Å². The van der Waals surface area contributed by atoms with E-state index < -0.39 is 0 Å². The molecule has 5 nitrogen and oxygen atoms in total. The molecular formula is C22H24N2O3. The fourth-order valence-electron chi connectivity index (χ4n) is 2.96. The zero-order valence-electron chi connectivity index (χ0n) is 15.5. The van der Waals surface area contributed by atoms with Gasteiger partial charge in [-0.1, -0.05) is 42.5 Å². The van der Waals surface area contributed by atoms with E-state index in [1.54, 1.807) is 28.9 Å². The first-order valence-electron chi connectivity index (χ1n) is 9.11. The molecule has 1 heterocycles. The predicted molar refractivity (Wildman–Crippen MR) is 105 cm³/mol. The predicted octanol–water partition coefficient (Wildman–Crippen LogP) is 2.97. The monoisotopic (exact) mass is 364 g/mol. The molecule has 2 aromatic carbocycles. The molecule has 0 saturated carbocycles. The van der Waals surface area contributed by atoms with Crippen molar-refractivity contribution >= 4 is 17.9 Å². The number of ether oxygens (including phenoxy) is 1. The molecule has 0 aromatic heterocycles. The van der Waals surface area contributed by atoms with E-state index in [2.05, 4.69) is 0 Å². The number of carbonyl (C=O) groups is 2. The maximum absolute atomic E-state index is 12.3. The SMILES string of the molecule is CC(=O)N1CCN(C(=O)/C=C\c2cccc(OCc3ccccc3)c2)CC1. The number of nitrogens with zero attached hydrogens (tertiary/aromatic N) is 2. The van der Waals surface area contributed by atoms with E-state index >= 15 is 0 Å². The minimum atomic E-state index is -0.0335. The van der Waals surface area contributed by atoms with Crippen LogP contribution in [0.5, 0.6) is 5.75 Å². The maximum Gasteiger partial charge on any atom is 0.246 e. The van der Waals surface area contributed by atoms with Crippen LogP contribution in [0.1, 0.15) is 18.1 Å². The third-order valence-electron chi connectivity index (χ3n) is 4.56. The average molecular weight is 364 g/mol. The van der Waals surface area contributed by atoms with Crippen LogP contribution in [0, 0.1) is 0 Å². The van der Waals surface area contributed by atoms with E-state index in [1.165, 1.54) is 0 Å². The van der Waals surface area contributed by atoms with Crippen LogP contribution >= 0.6 is 0 Å². The molecule has 0 radical (unpaired) electrons. The minimum Gasteiger partial charge on any atom is -0.489 e. The van der Waals surface area contributed by atoms with E-state index in [4.69, 9.17) is 4.74 Å². The lowest BCUT2D eigenvalue weighted by Gasteiger charge is -2.33. The summed E-state index contributed by atoms with van der Waals surface area (Å²) in [4.78, 5) is 27.2. The van der Waals surface area contributed by atoms with E-state index in [1.807, 2.05) is 54.6 Å². The van der Waals surface area contributed by atoms with Gasteiger partial charge in [0.15, 0.2) is 0 Å². The van der Waals surface area contributed by atoms with Gasteiger partial charge in [-0.2, -0.15) is 0 Å². The van der Waals surface area contributed by atoms with Crippen molar-refractivity contribution in [3.63, 3.8) is 0 Å². The van der Waals surface area contributed by atoms with Crippen molar-refractivity contribution in [1.29, 1.82) is 0 Å². The van der Waals surface area contributed by atoms with Gasteiger partial charge in [-0.3, -0.25) is 9.59 Å². The molecule has 1 aliphatic heterocycles. The van der Waals surface area contributed by atoms with Gasteiger partial charge in [-0.05, 0) is 29.3 Å². The first-order valence-corrected chi connectivity index (χ1v) is 9.11. The molecule has 0 spiro atoms. The molecule has 0 unspecified atom stereocenters. The second-order valence-electron chi connectivity index (χ2n) is 6.51. The van der Waals surface area contributed by atoms with Gasteiger partial charge in [0.05, 0.1) is 0 Å². The molecule has 1 aliphatic rings. The van der Waals surface area contributed by atoms with Gasteiger partial charge in [0.25, 0.3) is 0 Å². The van der Waals surface area contributed by atoms with Crippen LogP contribution in [0.15, 0.2) is 60.7 Å². The Morgan fingerprint density at radius 1 is 0.963 bits per heavy atom. The van der Waals surface area contributed by atoms with Crippen molar-refractivity contribution in [2.24, 2.45) is 0 Å². The number of benzene rings is 2. The molecule has 3 rings (SSSR count). The smallest absolute Gasteiger partial charge is 0.246 e. The van der Waals surface area contributed by atoms with Crippen molar-refractivity contribution in [2.45, 2.75) is 13.5 Å². The quantitative estimate of drug-likeness (QED) is 0.767. The summed E-state index contributed by atoms with van der Waals surface area (Å²) in [5.74, 6) is 0.794. The first kappa shape index (κ1) is 18.7. The van der Waals surface area contributed by atoms with Crippen LogP contribution in [0.2, 0.25) is 0 Å². The Balaban J connectivity index is 1.54. The first-order chi connectivity index (χ1) is 13.1. The average Bonchev–Trinajstić information content (AvgIpc) is 2.71. The summed E-state index contributed by atoms with van der Waals surface area (Å²) >= 11 is 0. The van der Waals surface area contributed by atoms with Gasteiger partial charge < -0.3 is 14.5 Å². The molecule has 0 bridgehead atoms. The number of piperazine rings is 1. The highest BCUT2D eigenvalue weighted by Crippen LogP contribution is 2.16. The Kier molecular flexibility index (Phi) is 6.26. The van der Waals surface area contributed by atoms with Gasteiger partial charge >= 0.3 is 0 Å². The minimum absolute atomic E-state index is 0.0335. The van der Waals surface area contributed by atoms with Crippen LogP contribution in [0.25, 0.3) is 6.08 Å². The van der Waals surface area contributed by atoms with E-state index in [0.29, 0.717) is 32.8 Å². The molecule has 5 heteroatoms. The van der Waals surface area contributed by atoms with Crippen molar-refractivity contribution in [3.05, 3.63) is 71.8 Å². The Bertz CT molecular complexity index is 809. The van der Waals surface area contributed by atoms with E-state index in [-0.39, 0.29) is 11.8 Å². The van der Waals surface area contributed by atoms with Crippen molar-refractivity contribution in [3.8, 4) is 5.75 Å². The Hall–Kier alpha value is -3.08. The summed E-state index contributed by atoms with van der Waals surface area (Å²) in [7, 11) is 0. The molecule has 0 aliphatic carbocycles. The summed E-state index contributed by atoms with van der Waals surface area (Å²) in [5.41, 5.74) is 2.02. The van der Waals surface area contributed by atoms with Crippen LogP contribution in [-0.4, -0.2) is 47.8 Å². The highest BCUT2D eigenvalue weighted by Gasteiger charge is 2.20. The van der Waals surface area contributed by atoms with Crippen molar-refractivity contribution in [2.75, 3.05) is 26.2 Å². The molecular weight excluding hydrogens is 340 g/mol. The normalized spacial score (nSPS) is 14.4. The fourth-order valence-corrected chi connectivity index (χ4v) is 2.96. The largest absolute Gasteiger partial charge is 0.489 e. The molecule has 0 N–H and O–H groups in total. The Morgan fingerprint density at radius 2 is 1.67 bits per heavy atom. The van der Waals surface area contributed by atoms with Crippen molar-refractivity contribution < 1.29 is 14.3 Å². The number of carbonyl (C=O) groups excluding carboxylic acids is 2. The van der Waals surface area contributed by atoms with Crippen LogP contribution in [0.3, 0.4) is 0 Å².